The Morgan fingerprint density at radius 3 is 2.46 bits per heavy atom. The van der Waals surface area contributed by atoms with Gasteiger partial charge in [-0.1, -0.05) is 30.3 Å². The van der Waals surface area contributed by atoms with Crippen LogP contribution in [0.25, 0.3) is 34.1 Å². The second kappa shape index (κ2) is 10.5. The van der Waals surface area contributed by atoms with E-state index in [0.29, 0.717) is 11.3 Å². The topological polar surface area (TPSA) is 94.2 Å². The van der Waals surface area contributed by atoms with E-state index in [1.807, 2.05) is 79.7 Å². The number of anilines is 1. The number of amides is 1. The third-order valence-electron chi connectivity index (χ3n) is 5.60. The summed E-state index contributed by atoms with van der Waals surface area (Å²) in [6, 6.07) is 24.6. The SMILES string of the molecule is COc1ccc(-n2nc3cc(C)c(NC(=S)NC(=O)/C=C/c4ccc(-c5ccccc5)o4)cc3n2)cc1. The van der Waals surface area contributed by atoms with Crippen molar-refractivity contribution in [2.45, 2.75) is 6.92 Å². The van der Waals surface area contributed by atoms with Gasteiger partial charge in [0.05, 0.1) is 12.8 Å². The number of aromatic nitrogens is 3. The van der Waals surface area contributed by atoms with Crippen LogP contribution in [0, 0.1) is 6.92 Å². The van der Waals surface area contributed by atoms with Crippen molar-refractivity contribution in [3.63, 3.8) is 0 Å². The number of carbonyl (C=O) groups is 1. The van der Waals surface area contributed by atoms with Crippen molar-refractivity contribution in [1.29, 1.82) is 0 Å². The number of methoxy groups -OCH3 is 1. The molecule has 9 heteroatoms. The molecule has 3 aromatic carbocycles. The van der Waals surface area contributed by atoms with Crippen molar-refractivity contribution in [3.8, 4) is 22.8 Å². The van der Waals surface area contributed by atoms with E-state index in [-0.39, 0.29) is 11.0 Å². The first-order chi connectivity index (χ1) is 18.0. The highest BCUT2D eigenvalue weighted by atomic mass is 32.1. The fourth-order valence-corrected chi connectivity index (χ4v) is 3.91. The predicted molar refractivity (Wildman–Crippen MR) is 148 cm³/mol. The van der Waals surface area contributed by atoms with Crippen LogP contribution in [0.3, 0.4) is 0 Å². The molecule has 1 amide bonds. The molecule has 0 aliphatic carbocycles. The van der Waals surface area contributed by atoms with Crippen LogP contribution in [0.4, 0.5) is 5.69 Å². The van der Waals surface area contributed by atoms with Crippen LogP contribution < -0.4 is 15.4 Å². The molecule has 0 atom stereocenters. The van der Waals surface area contributed by atoms with E-state index in [2.05, 4.69) is 20.8 Å². The van der Waals surface area contributed by atoms with Crippen molar-refractivity contribution in [1.82, 2.24) is 20.3 Å². The first-order valence-corrected chi connectivity index (χ1v) is 11.9. The number of benzene rings is 3. The summed E-state index contributed by atoms with van der Waals surface area (Å²) in [5, 5.41) is 15.0. The molecule has 184 valence electrons. The van der Waals surface area contributed by atoms with Gasteiger partial charge in [0.15, 0.2) is 5.11 Å². The summed E-state index contributed by atoms with van der Waals surface area (Å²) < 4.78 is 11.0. The van der Waals surface area contributed by atoms with Gasteiger partial charge in [-0.2, -0.15) is 4.80 Å². The highest BCUT2D eigenvalue weighted by Crippen LogP contribution is 2.24. The molecule has 2 N–H and O–H groups in total. The van der Waals surface area contributed by atoms with Gasteiger partial charge in [-0.05, 0) is 79.3 Å². The van der Waals surface area contributed by atoms with E-state index in [4.69, 9.17) is 21.4 Å². The Balaban J connectivity index is 1.23. The fraction of sp³-hybridized carbons (Fsp3) is 0.0714. The van der Waals surface area contributed by atoms with Gasteiger partial charge in [-0.25, -0.2) is 0 Å². The number of hydrogen-bond acceptors (Lipinski definition) is 6. The van der Waals surface area contributed by atoms with Crippen LogP contribution in [0.1, 0.15) is 11.3 Å². The summed E-state index contributed by atoms with van der Waals surface area (Å²) >= 11 is 5.35. The van der Waals surface area contributed by atoms with E-state index in [9.17, 15) is 4.79 Å². The minimum Gasteiger partial charge on any atom is -0.497 e. The van der Waals surface area contributed by atoms with Crippen LogP contribution in [0.5, 0.6) is 5.75 Å². The average Bonchev–Trinajstić information content (AvgIpc) is 3.55. The highest BCUT2D eigenvalue weighted by Gasteiger charge is 2.11. The normalized spacial score (nSPS) is 11.1. The number of nitrogens with zero attached hydrogens (tertiary/aromatic N) is 3. The van der Waals surface area contributed by atoms with Crippen LogP contribution in [0.15, 0.2) is 89.4 Å². The zero-order valence-corrected chi connectivity index (χ0v) is 21.0. The highest BCUT2D eigenvalue weighted by molar-refractivity contribution is 7.80. The summed E-state index contributed by atoms with van der Waals surface area (Å²) in [5.74, 6) is 1.68. The maximum absolute atomic E-state index is 12.4. The summed E-state index contributed by atoms with van der Waals surface area (Å²) in [6.45, 7) is 1.93. The zero-order valence-electron chi connectivity index (χ0n) is 20.1. The molecule has 0 radical (unpaired) electrons. The number of carbonyl (C=O) groups excluding carboxylic acids is 1. The number of nitrogens with one attached hydrogen (secondary N) is 2. The van der Waals surface area contributed by atoms with Gasteiger partial charge in [0.25, 0.3) is 0 Å². The van der Waals surface area contributed by atoms with Gasteiger partial charge in [0.2, 0.25) is 5.91 Å². The quantitative estimate of drug-likeness (QED) is 0.230. The molecule has 0 spiro atoms. The molecule has 0 aliphatic rings. The van der Waals surface area contributed by atoms with Gasteiger partial charge in [0, 0.05) is 17.3 Å². The fourth-order valence-electron chi connectivity index (χ4n) is 3.70. The molecule has 0 aliphatic heterocycles. The number of furan rings is 1. The van der Waals surface area contributed by atoms with Gasteiger partial charge < -0.3 is 14.5 Å². The van der Waals surface area contributed by atoms with Crippen molar-refractivity contribution >= 4 is 46.0 Å². The summed E-state index contributed by atoms with van der Waals surface area (Å²) in [6.07, 6.45) is 2.97. The number of fused-ring (bicyclic) bond motifs is 1. The average molecular weight is 510 g/mol. The summed E-state index contributed by atoms with van der Waals surface area (Å²) in [5.41, 5.74) is 4.84. The van der Waals surface area contributed by atoms with E-state index in [1.54, 1.807) is 24.0 Å². The number of aryl methyl sites for hydroxylation is 1. The van der Waals surface area contributed by atoms with Crippen LogP contribution in [0.2, 0.25) is 0 Å². The Hall–Kier alpha value is -4.76. The second-order valence-corrected chi connectivity index (χ2v) is 8.60. The van der Waals surface area contributed by atoms with Gasteiger partial charge in [0.1, 0.15) is 28.3 Å². The van der Waals surface area contributed by atoms with E-state index >= 15 is 0 Å². The van der Waals surface area contributed by atoms with Crippen molar-refractivity contribution in [2.24, 2.45) is 0 Å². The Morgan fingerprint density at radius 2 is 1.73 bits per heavy atom. The summed E-state index contributed by atoms with van der Waals surface area (Å²) in [7, 11) is 1.62. The molecule has 0 saturated carbocycles. The predicted octanol–water partition coefficient (Wildman–Crippen LogP) is 5.52. The standard InChI is InChI=1S/C28H23N5O3S/c1-18-16-24-25(32-33(31-24)20-8-10-21(35-2)11-9-20)17-23(18)29-28(37)30-27(34)15-13-22-12-14-26(36-22)19-6-4-3-5-7-19/h3-17H,1-2H3,(H2,29,30,34,37)/b15-13+. The van der Waals surface area contributed by atoms with Crippen LogP contribution in [-0.2, 0) is 4.79 Å². The minimum absolute atomic E-state index is 0.170. The zero-order chi connectivity index (χ0) is 25.8. The minimum atomic E-state index is -0.376. The first kappa shape index (κ1) is 24.0. The smallest absolute Gasteiger partial charge is 0.250 e. The van der Waals surface area contributed by atoms with Crippen molar-refractivity contribution in [3.05, 3.63) is 96.3 Å². The molecule has 5 aromatic rings. The molecular formula is C28H23N5O3S. The lowest BCUT2D eigenvalue weighted by molar-refractivity contribution is -0.115. The molecule has 8 nitrogen and oxygen atoms in total. The lowest BCUT2D eigenvalue weighted by Gasteiger charge is -2.10. The molecular weight excluding hydrogens is 486 g/mol. The number of hydrogen-bond donors (Lipinski definition) is 2. The number of rotatable bonds is 6. The third kappa shape index (κ3) is 5.57. The van der Waals surface area contributed by atoms with E-state index in [1.165, 1.54) is 6.08 Å². The van der Waals surface area contributed by atoms with Crippen molar-refractivity contribution < 1.29 is 13.9 Å². The molecule has 2 heterocycles. The molecule has 37 heavy (non-hydrogen) atoms. The van der Waals surface area contributed by atoms with E-state index in [0.717, 1.165) is 39.5 Å². The van der Waals surface area contributed by atoms with Gasteiger partial charge >= 0.3 is 0 Å². The third-order valence-corrected chi connectivity index (χ3v) is 5.80. The molecule has 0 saturated heterocycles. The number of ether oxygens (including phenoxy) is 1. The lowest BCUT2D eigenvalue weighted by atomic mass is 10.2. The van der Waals surface area contributed by atoms with Gasteiger partial charge in [-0.3, -0.25) is 10.1 Å². The van der Waals surface area contributed by atoms with Gasteiger partial charge in [-0.15, -0.1) is 10.2 Å². The lowest BCUT2D eigenvalue weighted by Crippen LogP contribution is -2.33. The Morgan fingerprint density at radius 1 is 1.00 bits per heavy atom. The molecule has 0 bridgehead atoms. The Bertz CT molecular complexity index is 1600. The molecule has 2 aromatic heterocycles. The van der Waals surface area contributed by atoms with Crippen LogP contribution >= 0.6 is 12.2 Å². The summed E-state index contributed by atoms with van der Waals surface area (Å²) in [4.78, 5) is 14.0. The second-order valence-electron chi connectivity index (χ2n) is 8.19. The van der Waals surface area contributed by atoms with Crippen molar-refractivity contribution in [2.75, 3.05) is 12.4 Å². The molecule has 0 unspecified atom stereocenters. The van der Waals surface area contributed by atoms with Crippen LogP contribution in [-0.4, -0.2) is 33.1 Å². The maximum Gasteiger partial charge on any atom is 0.250 e. The molecule has 5 rings (SSSR count). The monoisotopic (exact) mass is 509 g/mol. The Labute approximate surface area is 218 Å². The number of thiocarbonyl (C=S) groups is 1. The maximum atomic E-state index is 12.4. The Kier molecular flexibility index (Phi) is 6.78. The molecule has 0 fully saturated rings. The first-order valence-electron chi connectivity index (χ1n) is 11.5. The largest absolute Gasteiger partial charge is 0.497 e. The van der Waals surface area contributed by atoms with E-state index < -0.39 is 0 Å².